The van der Waals surface area contributed by atoms with Gasteiger partial charge in [-0.25, -0.2) is 5.01 Å². The molecule has 0 bridgehead atoms. The van der Waals surface area contributed by atoms with Gasteiger partial charge in [-0.05, 0) is 85.7 Å². The van der Waals surface area contributed by atoms with Crippen LogP contribution in [0.1, 0.15) is 74.7 Å². The summed E-state index contributed by atoms with van der Waals surface area (Å²) < 4.78 is 5.34. The fourth-order valence-corrected chi connectivity index (χ4v) is 3.40. The van der Waals surface area contributed by atoms with Gasteiger partial charge < -0.3 is 15.4 Å². The molecule has 3 N–H and O–H groups in total. The third-order valence-corrected chi connectivity index (χ3v) is 5.02. The van der Waals surface area contributed by atoms with E-state index in [-0.39, 0.29) is 23.9 Å². The molecule has 0 aromatic heterocycles. The maximum Gasteiger partial charge on any atom is 0.272 e. The van der Waals surface area contributed by atoms with Crippen LogP contribution in [0, 0.1) is 6.92 Å². The molecule has 0 unspecified atom stereocenters. The molecule has 2 aromatic rings. The van der Waals surface area contributed by atoms with Crippen LogP contribution in [-0.4, -0.2) is 47.5 Å². The molecule has 8 heteroatoms. The molecular weight excluding hydrogens is 442 g/mol. The molecule has 2 rings (SSSR count). The van der Waals surface area contributed by atoms with Crippen molar-refractivity contribution in [2.75, 3.05) is 12.4 Å². The van der Waals surface area contributed by atoms with Gasteiger partial charge in [-0.3, -0.25) is 20.0 Å². The van der Waals surface area contributed by atoms with E-state index < -0.39 is 5.54 Å². The Kier molecular flexibility index (Phi) is 9.28. The fraction of sp³-hybridized carbons (Fsp3) is 0.444. The number of ether oxygens (including phenoxy) is 1. The molecule has 0 fully saturated rings. The smallest absolute Gasteiger partial charge is 0.272 e. The number of anilines is 1. The first kappa shape index (κ1) is 27.7. The minimum Gasteiger partial charge on any atom is -0.496 e. The van der Waals surface area contributed by atoms with Crippen molar-refractivity contribution in [1.29, 1.82) is 0 Å². The van der Waals surface area contributed by atoms with E-state index >= 15 is 0 Å². The Morgan fingerprint density at radius 1 is 1.03 bits per heavy atom. The summed E-state index contributed by atoms with van der Waals surface area (Å²) in [5, 5.41) is 7.92. The molecule has 35 heavy (non-hydrogen) atoms. The average molecular weight is 482 g/mol. The van der Waals surface area contributed by atoms with E-state index in [1.807, 2.05) is 61.5 Å². The lowest BCUT2D eigenvalue weighted by Gasteiger charge is -2.35. The van der Waals surface area contributed by atoms with E-state index in [4.69, 9.17) is 4.74 Å². The lowest BCUT2D eigenvalue weighted by molar-refractivity contribution is 0.0358. The first-order chi connectivity index (χ1) is 16.3. The predicted molar refractivity (Wildman–Crippen MR) is 142 cm³/mol. The standard InChI is InChI=1S/C27H39N5O3/c1-17(2)28-26(29-18(3)4)30-21-13-10-12-20(16-21)25(34)32(27(6,7)8)31-24(33)22-14-11-15-23(35-9)19(22)5/h10-18H,1-9H3,(H,31,33)(H2,28,29,30). The fourth-order valence-electron chi connectivity index (χ4n) is 3.40. The number of nitrogens with zero attached hydrogens (tertiary/aromatic N) is 2. The third-order valence-electron chi connectivity index (χ3n) is 5.02. The topological polar surface area (TPSA) is 95.1 Å². The predicted octanol–water partition coefficient (Wildman–Crippen LogP) is 4.76. The number of methoxy groups -OCH3 is 1. The zero-order chi connectivity index (χ0) is 26.3. The number of hydrazine groups is 1. The second kappa shape index (κ2) is 11.7. The summed E-state index contributed by atoms with van der Waals surface area (Å²) in [5.41, 5.74) is 4.43. The van der Waals surface area contributed by atoms with Crippen molar-refractivity contribution < 1.29 is 14.3 Å². The van der Waals surface area contributed by atoms with Gasteiger partial charge in [0.15, 0.2) is 5.96 Å². The highest BCUT2D eigenvalue weighted by Crippen LogP contribution is 2.22. The van der Waals surface area contributed by atoms with Crippen molar-refractivity contribution >= 4 is 23.5 Å². The van der Waals surface area contributed by atoms with Crippen molar-refractivity contribution in [3.8, 4) is 5.75 Å². The Morgan fingerprint density at radius 3 is 2.26 bits per heavy atom. The summed E-state index contributed by atoms with van der Waals surface area (Å²) in [6.45, 7) is 15.5. The Labute approximate surface area is 209 Å². The summed E-state index contributed by atoms with van der Waals surface area (Å²) in [5.74, 6) is 0.536. The number of carbonyl (C=O) groups is 2. The van der Waals surface area contributed by atoms with E-state index in [9.17, 15) is 9.59 Å². The minimum atomic E-state index is -0.674. The summed E-state index contributed by atoms with van der Waals surface area (Å²) in [6.07, 6.45) is 0. The monoisotopic (exact) mass is 481 g/mol. The van der Waals surface area contributed by atoms with Crippen LogP contribution in [0.4, 0.5) is 5.69 Å². The average Bonchev–Trinajstić information content (AvgIpc) is 2.75. The van der Waals surface area contributed by atoms with Gasteiger partial charge in [0.2, 0.25) is 0 Å². The highest BCUT2D eigenvalue weighted by Gasteiger charge is 2.30. The van der Waals surface area contributed by atoms with Crippen LogP contribution >= 0.6 is 0 Å². The third kappa shape index (κ3) is 7.73. The maximum atomic E-state index is 13.6. The van der Waals surface area contributed by atoms with Crippen LogP contribution in [-0.2, 0) is 0 Å². The summed E-state index contributed by atoms with van der Waals surface area (Å²) in [4.78, 5) is 31.3. The number of benzene rings is 2. The molecule has 0 aliphatic rings. The van der Waals surface area contributed by atoms with Crippen molar-refractivity contribution in [2.24, 2.45) is 4.99 Å². The Morgan fingerprint density at radius 2 is 1.69 bits per heavy atom. The SMILES string of the molecule is COc1cccc(C(=O)NN(C(=O)c2cccc(NC(=NC(C)C)NC(C)C)c2)C(C)(C)C)c1C. The molecule has 190 valence electrons. The molecular formula is C27H39N5O3. The van der Waals surface area contributed by atoms with Gasteiger partial charge in [-0.1, -0.05) is 12.1 Å². The number of nitrogens with one attached hydrogen (secondary N) is 3. The maximum absolute atomic E-state index is 13.6. The van der Waals surface area contributed by atoms with Gasteiger partial charge >= 0.3 is 0 Å². The van der Waals surface area contributed by atoms with Gasteiger partial charge in [0.05, 0.1) is 12.6 Å². The molecule has 2 aromatic carbocycles. The molecule has 0 radical (unpaired) electrons. The van der Waals surface area contributed by atoms with Gasteiger partial charge in [0, 0.05) is 34.5 Å². The van der Waals surface area contributed by atoms with Crippen molar-refractivity contribution in [3.05, 3.63) is 59.2 Å². The van der Waals surface area contributed by atoms with Crippen molar-refractivity contribution in [1.82, 2.24) is 15.8 Å². The molecule has 0 spiro atoms. The van der Waals surface area contributed by atoms with E-state index in [1.54, 1.807) is 43.5 Å². The van der Waals surface area contributed by atoms with Crippen LogP contribution < -0.4 is 20.8 Å². The number of carbonyl (C=O) groups excluding carboxylic acids is 2. The van der Waals surface area contributed by atoms with Crippen LogP contribution in [0.15, 0.2) is 47.5 Å². The zero-order valence-electron chi connectivity index (χ0n) is 22.3. The number of hydrogen-bond donors (Lipinski definition) is 3. The molecule has 0 atom stereocenters. The lowest BCUT2D eigenvalue weighted by Crippen LogP contribution is -2.56. The largest absolute Gasteiger partial charge is 0.496 e. The summed E-state index contributed by atoms with van der Waals surface area (Å²) in [7, 11) is 1.56. The quantitative estimate of drug-likeness (QED) is 0.314. The number of hydrogen-bond acceptors (Lipinski definition) is 4. The Balaban J connectivity index is 2.33. The van der Waals surface area contributed by atoms with Crippen molar-refractivity contribution in [2.45, 2.75) is 73.0 Å². The second-order valence-electron chi connectivity index (χ2n) is 9.96. The van der Waals surface area contributed by atoms with Crippen LogP contribution in [0.3, 0.4) is 0 Å². The molecule has 8 nitrogen and oxygen atoms in total. The number of aliphatic imine (C=N–C) groups is 1. The van der Waals surface area contributed by atoms with Crippen LogP contribution in [0.25, 0.3) is 0 Å². The van der Waals surface area contributed by atoms with Crippen LogP contribution in [0.2, 0.25) is 0 Å². The number of guanidine groups is 1. The van der Waals surface area contributed by atoms with Gasteiger partial charge in [0.1, 0.15) is 5.75 Å². The molecule has 0 aliphatic heterocycles. The lowest BCUT2D eigenvalue weighted by atomic mass is 10.0. The Hall–Kier alpha value is -3.55. The second-order valence-corrected chi connectivity index (χ2v) is 9.96. The van der Waals surface area contributed by atoms with Gasteiger partial charge in [0.25, 0.3) is 11.8 Å². The Bertz CT molecular complexity index is 1070. The highest BCUT2D eigenvalue weighted by atomic mass is 16.5. The van der Waals surface area contributed by atoms with E-state index in [2.05, 4.69) is 21.1 Å². The van der Waals surface area contributed by atoms with Gasteiger partial charge in [-0.2, -0.15) is 0 Å². The number of amides is 2. The highest BCUT2D eigenvalue weighted by molar-refractivity contribution is 6.01. The van der Waals surface area contributed by atoms with Gasteiger partial charge in [-0.15, -0.1) is 0 Å². The minimum absolute atomic E-state index is 0.0974. The zero-order valence-corrected chi connectivity index (χ0v) is 22.3. The molecule has 0 saturated heterocycles. The first-order valence-corrected chi connectivity index (χ1v) is 11.8. The van der Waals surface area contributed by atoms with E-state index in [0.717, 1.165) is 0 Å². The van der Waals surface area contributed by atoms with Crippen LogP contribution in [0.5, 0.6) is 5.75 Å². The molecule has 2 amide bonds. The van der Waals surface area contributed by atoms with E-state index in [1.165, 1.54) is 5.01 Å². The summed E-state index contributed by atoms with van der Waals surface area (Å²) in [6, 6.07) is 12.7. The first-order valence-electron chi connectivity index (χ1n) is 11.8. The molecule has 0 saturated carbocycles. The molecule has 0 heterocycles. The normalized spacial score (nSPS) is 11.9. The molecule has 0 aliphatic carbocycles. The van der Waals surface area contributed by atoms with Crippen molar-refractivity contribution in [3.63, 3.8) is 0 Å². The van der Waals surface area contributed by atoms with E-state index in [0.29, 0.717) is 34.1 Å². The summed E-state index contributed by atoms with van der Waals surface area (Å²) >= 11 is 0. The number of rotatable bonds is 6.